The van der Waals surface area contributed by atoms with E-state index < -0.39 is 7.26 Å². The van der Waals surface area contributed by atoms with Gasteiger partial charge in [0.25, 0.3) is 0 Å². The van der Waals surface area contributed by atoms with Gasteiger partial charge >= 0.3 is 5.97 Å². The van der Waals surface area contributed by atoms with Gasteiger partial charge in [-0.1, -0.05) is 66.2 Å². The van der Waals surface area contributed by atoms with E-state index >= 15 is 0 Å². The fourth-order valence-corrected chi connectivity index (χ4v) is 8.45. The lowest BCUT2D eigenvalue weighted by Crippen LogP contribution is -2.33. The Bertz CT molecular complexity index is 957. The maximum Gasteiger partial charge on any atom is 0.330 e. The van der Waals surface area contributed by atoms with Crippen LogP contribution in [0.1, 0.15) is 26.7 Å². The number of esters is 1. The van der Waals surface area contributed by atoms with E-state index in [0.29, 0.717) is 0 Å². The summed E-state index contributed by atoms with van der Waals surface area (Å²) in [6.45, 7) is 4.22. The first-order valence-electron chi connectivity index (χ1n) is 11.0. The minimum Gasteiger partial charge on any atom is -0.466 e. The van der Waals surface area contributed by atoms with Gasteiger partial charge < -0.3 is 4.74 Å². The van der Waals surface area contributed by atoms with E-state index in [1.807, 2.05) is 6.92 Å². The van der Waals surface area contributed by atoms with Gasteiger partial charge in [-0.05, 0) is 68.7 Å². The predicted molar refractivity (Wildman–Crippen MR) is 139 cm³/mol. The van der Waals surface area contributed by atoms with E-state index in [9.17, 15) is 4.79 Å². The molecule has 164 valence electrons. The fraction of sp³-hybridized carbons (Fsp3) is 0.207. The highest BCUT2D eigenvalue weighted by Crippen LogP contribution is 2.56. The second kappa shape index (κ2) is 11.6. The molecule has 0 heterocycles. The zero-order chi connectivity index (χ0) is 22.8. The zero-order valence-electron chi connectivity index (χ0n) is 19.2. The van der Waals surface area contributed by atoms with Crippen molar-refractivity contribution < 1.29 is 9.53 Å². The quantitative estimate of drug-likeness (QED) is 0.180. The van der Waals surface area contributed by atoms with E-state index in [1.165, 1.54) is 28.6 Å². The lowest BCUT2D eigenvalue weighted by molar-refractivity contribution is -0.134. The summed E-state index contributed by atoms with van der Waals surface area (Å²) >= 11 is 0. The summed E-state index contributed by atoms with van der Waals surface area (Å²) in [7, 11) is -0.445. The molecule has 0 aliphatic carbocycles. The molecule has 0 saturated heterocycles. The summed E-state index contributed by atoms with van der Waals surface area (Å²) in [5.41, 5.74) is 2.41. The molecule has 0 atom stereocenters. The van der Waals surface area contributed by atoms with Crippen LogP contribution >= 0.6 is 7.26 Å². The Hall–Kier alpha value is -2.96. The molecular formula is C29H32O2P+. The first-order chi connectivity index (χ1) is 15.6. The minimum absolute atomic E-state index is 0.287. The summed E-state index contributed by atoms with van der Waals surface area (Å²) < 4.78 is 4.73. The third-order valence-electron chi connectivity index (χ3n) is 5.67. The smallest absolute Gasteiger partial charge is 0.330 e. The van der Waals surface area contributed by atoms with Crippen LogP contribution in [-0.4, -0.2) is 19.2 Å². The lowest BCUT2D eigenvalue weighted by Gasteiger charge is -2.28. The SMILES string of the molecule is COC(=O)C=C(C)CCC=C(C)C[P+](c1ccccc1)(c1ccccc1)c1ccccc1. The Kier molecular flexibility index (Phi) is 8.59. The van der Waals surface area contributed by atoms with Crippen molar-refractivity contribution >= 4 is 29.1 Å². The van der Waals surface area contributed by atoms with Gasteiger partial charge in [-0.3, -0.25) is 0 Å². The highest BCUT2D eigenvalue weighted by atomic mass is 31.2. The van der Waals surface area contributed by atoms with Crippen molar-refractivity contribution in [1.82, 2.24) is 0 Å². The molecule has 0 bridgehead atoms. The van der Waals surface area contributed by atoms with Gasteiger partial charge in [0.15, 0.2) is 0 Å². The number of methoxy groups -OCH3 is 1. The van der Waals surface area contributed by atoms with Crippen LogP contribution in [0.4, 0.5) is 0 Å². The van der Waals surface area contributed by atoms with Crippen molar-refractivity contribution in [3.8, 4) is 0 Å². The zero-order valence-corrected chi connectivity index (χ0v) is 20.1. The summed E-state index contributed by atoms with van der Waals surface area (Å²) in [6.07, 6.45) is 6.66. The van der Waals surface area contributed by atoms with E-state index in [0.717, 1.165) is 24.6 Å². The van der Waals surface area contributed by atoms with Gasteiger partial charge in [-0.2, -0.15) is 0 Å². The number of hydrogen-bond acceptors (Lipinski definition) is 2. The molecule has 0 N–H and O–H groups in total. The van der Waals surface area contributed by atoms with Crippen molar-refractivity contribution in [1.29, 1.82) is 0 Å². The Morgan fingerprint density at radius 1 is 0.750 bits per heavy atom. The van der Waals surface area contributed by atoms with Crippen LogP contribution in [0.2, 0.25) is 0 Å². The third-order valence-corrected chi connectivity index (χ3v) is 10.2. The van der Waals surface area contributed by atoms with Crippen molar-refractivity contribution in [2.24, 2.45) is 0 Å². The van der Waals surface area contributed by atoms with E-state index in [2.05, 4.69) is 104 Å². The number of benzene rings is 3. The molecule has 0 fully saturated rings. The highest BCUT2D eigenvalue weighted by Gasteiger charge is 2.45. The first-order valence-corrected chi connectivity index (χ1v) is 13.0. The summed E-state index contributed by atoms with van der Waals surface area (Å²) in [5, 5.41) is 4.19. The van der Waals surface area contributed by atoms with Gasteiger partial charge in [0.05, 0.1) is 13.3 Å². The number of allylic oxidation sites excluding steroid dienone is 3. The van der Waals surface area contributed by atoms with Gasteiger partial charge in [0.2, 0.25) is 0 Å². The maximum atomic E-state index is 11.5. The number of carbonyl (C=O) groups is 1. The normalized spacial score (nSPS) is 12.5. The molecule has 0 amide bonds. The fourth-order valence-electron chi connectivity index (χ4n) is 4.09. The van der Waals surface area contributed by atoms with Crippen LogP contribution in [0.5, 0.6) is 0 Å². The van der Waals surface area contributed by atoms with Crippen LogP contribution in [0.25, 0.3) is 0 Å². The number of carbonyl (C=O) groups excluding carboxylic acids is 1. The van der Waals surface area contributed by atoms with E-state index in [-0.39, 0.29) is 5.97 Å². The Balaban J connectivity index is 2.00. The Morgan fingerprint density at radius 3 is 1.59 bits per heavy atom. The lowest BCUT2D eigenvalue weighted by atomic mass is 10.1. The van der Waals surface area contributed by atoms with Crippen molar-refractivity contribution in [2.45, 2.75) is 26.7 Å². The third kappa shape index (κ3) is 5.84. The van der Waals surface area contributed by atoms with Gasteiger partial charge in [-0.15, -0.1) is 0 Å². The number of hydrogen-bond donors (Lipinski definition) is 0. The van der Waals surface area contributed by atoms with Crippen LogP contribution in [0.3, 0.4) is 0 Å². The molecule has 0 aromatic heterocycles. The Morgan fingerprint density at radius 2 is 1.19 bits per heavy atom. The molecule has 0 unspecified atom stereocenters. The molecule has 0 radical (unpaired) electrons. The number of rotatable bonds is 9. The van der Waals surface area contributed by atoms with Crippen LogP contribution in [0.15, 0.2) is 114 Å². The topological polar surface area (TPSA) is 26.3 Å². The maximum absolute atomic E-state index is 11.5. The average Bonchev–Trinajstić information content (AvgIpc) is 2.84. The predicted octanol–water partition coefficient (Wildman–Crippen LogP) is 5.83. The molecule has 0 aliphatic heterocycles. The molecule has 3 aromatic rings. The molecule has 3 rings (SSSR count). The summed E-state index contributed by atoms with van der Waals surface area (Å²) in [4.78, 5) is 11.5. The molecule has 0 aliphatic rings. The van der Waals surface area contributed by atoms with Crippen molar-refractivity contribution in [2.75, 3.05) is 13.3 Å². The largest absolute Gasteiger partial charge is 0.466 e. The van der Waals surface area contributed by atoms with Gasteiger partial charge in [0.1, 0.15) is 23.2 Å². The van der Waals surface area contributed by atoms with Gasteiger partial charge in [-0.25, -0.2) is 4.79 Å². The monoisotopic (exact) mass is 443 g/mol. The van der Waals surface area contributed by atoms with Crippen molar-refractivity contribution in [3.63, 3.8) is 0 Å². The molecular weight excluding hydrogens is 411 g/mol. The highest BCUT2D eigenvalue weighted by molar-refractivity contribution is 7.95. The molecule has 3 heteroatoms. The van der Waals surface area contributed by atoms with Crippen LogP contribution in [0, 0.1) is 0 Å². The van der Waals surface area contributed by atoms with E-state index in [1.54, 1.807) is 6.08 Å². The molecule has 3 aromatic carbocycles. The van der Waals surface area contributed by atoms with Crippen LogP contribution < -0.4 is 15.9 Å². The Labute approximate surface area is 193 Å². The van der Waals surface area contributed by atoms with Crippen LogP contribution in [-0.2, 0) is 9.53 Å². The van der Waals surface area contributed by atoms with E-state index in [4.69, 9.17) is 4.74 Å². The second-order valence-electron chi connectivity index (χ2n) is 8.08. The standard InChI is InChI=1S/C29H32O2P/c1-24(22-29(30)31-3)14-13-15-25(2)23-32(26-16-7-4-8-17-26,27-18-9-5-10-19-27)28-20-11-6-12-21-28/h4-12,15-22H,13-14,23H2,1-3H3/q+1. The molecule has 0 saturated carbocycles. The van der Waals surface area contributed by atoms with Crippen molar-refractivity contribution in [3.05, 3.63) is 114 Å². The molecule has 2 nitrogen and oxygen atoms in total. The minimum atomic E-state index is -1.86. The molecule has 0 spiro atoms. The summed E-state index contributed by atoms with van der Waals surface area (Å²) in [5.74, 6) is -0.287. The summed E-state index contributed by atoms with van der Waals surface area (Å²) in [6, 6.07) is 32.9. The van der Waals surface area contributed by atoms with Gasteiger partial charge in [0, 0.05) is 6.08 Å². The molecule has 32 heavy (non-hydrogen) atoms. The first kappa shape index (κ1) is 23.7. The number of ether oxygens (including phenoxy) is 1. The average molecular weight is 444 g/mol. The second-order valence-corrected chi connectivity index (χ2v) is 11.6.